The maximum Gasteiger partial charge on any atom is 0.475 e. The van der Waals surface area contributed by atoms with E-state index in [1.807, 2.05) is 36.4 Å². The molecule has 0 aromatic heterocycles. The number of halogens is 1. The predicted molar refractivity (Wildman–Crippen MR) is 128 cm³/mol. The SMILES string of the molecule is CN(C)C(=O)C(C#N)CC#Cc1cccc(OCCC(=O)N[C@@H](Cc2ccccc2)B(O)O)c1F. The summed E-state index contributed by atoms with van der Waals surface area (Å²) in [6.45, 7) is -0.146. The number of nitriles is 1. The molecule has 2 aromatic rings. The molecule has 2 amide bonds. The standard InChI is InChI=1S/C25H27BFN3O5/c1-30(2)25(32)20(17-28)12-6-10-19-11-7-13-21(24(19)27)35-15-14-23(31)29-22(26(33)34)16-18-8-4-3-5-9-18/h3-5,7-9,11,13,20,22,33-34H,12,14-16H2,1-2H3,(H,29,31)/t20?,22-/m0/s1. The molecule has 0 aliphatic carbocycles. The summed E-state index contributed by atoms with van der Waals surface area (Å²) >= 11 is 0. The zero-order valence-electron chi connectivity index (χ0n) is 19.6. The van der Waals surface area contributed by atoms with Crippen LogP contribution in [0, 0.1) is 34.9 Å². The molecule has 10 heteroatoms. The van der Waals surface area contributed by atoms with Crippen molar-refractivity contribution in [3.05, 3.63) is 65.5 Å². The van der Waals surface area contributed by atoms with Gasteiger partial charge in [-0.1, -0.05) is 48.2 Å². The van der Waals surface area contributed by atoms with Crippen molar-refractivity contribution in [1.29, 1.82) is 5.26 Å². The molecule has 1 unspecified atom stereocenters. The van der Waals surface area contributed by atoms with Crippen molar-refractivity contribution in [2.24, 2.45) is 5.92 Å². The highest BCUT2D eigenvalue weighted by Gasteiger charge is 2.25. The van der Waals surface area contributed by atoms with E-state index in [0.717, 1.165) is 5.56 Å². The first-order valence-electron chi connectivity index (χ1n) is 10.9. The lowest BCUT2D eigenvalue weighted by molar-refractivity contribution is -0.131. The maximum absolute atomic E-state index is 14.7. The molecule has 0 saturated heterocycles. The summed E-state index contributed by atoms with van der Waals surface area (Å²) in [5.41, 5.74) is 0.863. The quantitative estimate of drug-likeness (QED) is 0.349. The van der Waals surface area contributed by atoms with Gasteiger partial charge in [-0.05, 0) is 24.1 Å². The van der Waals surface area contributed by atoms with Crippen molar-refractivity contribution < 1.29 is 28.8 Å². The first-order chi connectivity index (χ1) is 16.7. The van der Waals surface area contributed by atoms with Crippen molar-refractivity contribution in [2.45, 2.75) is 25.2 Å². The van der Waals surface area contributed by atoms with Gasteiger partial charge in [-0.3, -0.25) is 9.59 Å². The van der Waals surface area contributed by atoms with Crippen molar-refractivity contribution in [3.8, 4) is 23.7 Å². The smallest absolute Gasteiger partial charge is 0.475 e. The summed E-state index contributed by atoms with van der Waals surface area (Å²) in [7, 11) is 1.33. The molecule has 0 heterocycles. The van der Waals surface area contributed by atoms with E-state index >= 15 is 0 Å². The van der Waals surface area contributed by atoms with E-state index in [0.29, 0.717) is 0 Å². The monoisotopic (exact) mass is 479 g/mol. The third-order valence-electron chi connectivity index (χ3n) is 4.98. The molecule has 0 bridgehead atoms. The van der Waals surface area contributed by atoms with Gasteiger partial charge in [0.05, 0.1) is 30.6 Å². The molecule has 2 aromatic carbocycles. The minimum Gasteiger partial charge on any atom is -0.490 e. The molecule has 0 saturated carbocycles. The molecular formula is C25H27BFN3O5. The molecule has 2 rings (SSSR count). The summed E-state index contributed by atoms with van der Waals surface area (Å²) in [6, 6.07) is 15.3. The highest BCUT2D eigenvalue weighted by atomic mass is 19.1. The molecule has 0 fully saturated rings. The summed E-state index contributed by atoms with van der Waals surface area (Å²) in [4.78, 5) is 25.4. The Bertz CT molecular complexity index is 1110. The molecule has 182 valence electrons. The van der Waals surface area contributed by atoms with Gasteiger partial charge >= 0.3 is 7.12 Å². The van der Waals surface area contributed by atoms with E-state index in [4.69, 9.17) is 10.00 Å². The van der Waals surface area contributed by atoms with E-state index in [-0.39, 0.29) is 43.1 Å². The van der Waals surface area contributed by atoms with E-state index < -0.39 is 30.7 Å². The normalized spacial score (nSPS) is 11.8. The van der Waals surface area contributed by atoms with Crippen LogP contribution in [0.25, 0.3) is 0 Å². The number of rotatable bonds is 10. The zero-order valence-corrected chi connectivity index (χ0v) is 19.6. The minimum atomic E-state index is -1.75. The molecule has 2 atom stereocenters. The van der Waals surface area contributed by atoms with Gasteiger partial charge < -0.3 is 25.0 Å². The Balaban J connectivity index is 1.92. The molecule has 0 aliphatic heterocycles. The van der Waals surface area contributed by atoms with Crippen molar-refractivity contribution >= 4 is 18.9 Å². The van der Waals surface area contributed by atoms with Gasteiger partial charge in [-0.25, -0.2) is 4.39 Å². The van der Waals surface area contributed by atoms with Gasteiger partial charge in [-0.15, -0.1) is 0 Å². The van der Waals surface area contributed by atoms with Crippen molar-refractivity contribution in [1.82, 2.24) is 10.2 Å². The van der Waals surface area contributed by atoms with Gasteiger partial charge in [0.1, 0.15) is 5.92 Å². The summed E-state index contributed by atoms with van der Waals surface area (Å²) in [5, 5.41) is 30.8. The number of benzene rings is 2. The minimum absolute atomic E-state index is 0.0345. The van der Waals surface area contributed by atoms with Crippen molar-refractivity contribution in [2.75, 3.05) is 20.7 Å². The van der Waals surface area contributed by atoms with Crippen LogP contribution in [-0.4, -0.2) is 60.5 Å². The van der Waals surface area contributed by atoms with Gasteiger partial charge in [0.25, 0.3) is 0 Å². The van der Waals surface area contributed by atoms with E-state index in [1.54, 1.807) is 0 Å². The predicted octanol–water partition coefficient (Wildman–Crippen LogP) is 1.30. The second-order valence-electron chi connectivity index (χ2n) is 7.91. The number of nitrogens with zero attached hydrogens (tertiary/aromatic N) is 2. The van der Waals surface area contributed by atoms with Crippen LogP contribution >= 0.6 is 0 Å². The summed E-state index contributed by atoms with van der Waals surface area (Å²) in [6.07, 6.45) is 0.0517. The van der Waals surface area contributed by atoms with E-state index in [1.165, 1.54) is 37.2 Å². The lowest BCUT2D eigenvalue weighted by Gasteiger charge is -2.18. The number of nitrogens with one attached hydrogen (secondary N) is 1. The fourth-order valence-corrected chi connectivity index (χ4v) is 3.10. The molecule has 3 N–H and O–H groups in total. The zero-order chi connectivity index (χ0) is 25.8. The van der Waals surface area contributed by atoms with Gasteiger partial charge in [0.15, 0.2) is 11.6 Å². The fourth-order valence-electron chi connectivity index (χ4n) is 3.10. The highest BCUT2D eigenvalue weighted by Crippen LogP contribution is 2.20. The number of ether oxygens (including phenoxy) is 1. The molecule has 35 heavy (non-hydrogen) atoms. The third kappa shape index (κ3) is 8.78. The summed E-state index contributed by atoms with van der Waals surface area (Å²) < 4.78 is 20.1. The van der Waals surface area contributed by atoms with Crippen LogP contribution in [0.3, 0.4) is 0 Å². The van der Waals surface area contributed by atoms with E-state index in [2.05, 4.69) is 17.2 Å². The first-order valence-corrected chi connectivity index (χ1v) is 10.9. The van der Waals surface area contributed by atoms with Crippen LogP contribution in [0.4, 0.5) is 4.39 Å². The average Bonchev–Trinajstić information content (AvgIpc) is 2.83. The van der Waals surface area contributed by atoms with Crippen LogP contribution in [0.15, 0.2) is 48.5 Å². The molecule has 0 aliphatic rings. The lowest BCUT2D eigenvalue weighted by atomic mass is 9.76. The van der Waals surface area contributed by atoms with Gasteiger partial charge in [-0.2, -0.15) is 5.26 Å². The molecule has 8 nitrogen and oxygen atoms in total. The molecular weight excluding hydrogens is 452 g/mol. The Morgan fingerprint density at radius 3 is 2.51 bits per heavy atom. The Morgan fingerprint density at radius 2 is 1.89 bits per heavy atom. The second-order valence-corrected chi connectivity index (χ2v) is 7.91. The van der Waals surface area contributed by atoms with Crippen LogP contribution in [0.2, 0.25) is 0 Å². The van der Waals surface area contributed by atoms with Crippen LogP contribution in [0.1, 0.15) is 24.0 Å². The maximum atomic E-state index is 14.7. The van der Waals surface area contributed by atoms with Crippen LogP contribution in [0.5, 0.6) is 5.75 Å². The highest BCUT2D eigenvalue weighted by molar-refractivity contribution is 6.43. The number of carbonyl (C=O) groups excluding carboxylic acids is 2. The van der Waals surface area contributed by atoms with Crippen LogP contribution < -0.4 is 10.1 Å². The second kappa shape index (κ2) is 13.8. The number of carbonyl (C=O) groups is 2. The Hall–Kier alpha value is -3.86. The van der Waals surface area contributed by atoms with Gasteiger partial charge in [0, 0.05) is 20.5 Å². The molecule has 0 spiro atoms. The van der Waals surface area contributed by atoms with E-state index in [9.17, 15) is 24.0 Å². The largest absolute Gasteiger partial charge is 0.490 e. The lowest BCUT2D eigenvalue weighted by Crippen LogP contribution is -2.48. The Labute approximate surface area is 204 Å². The fraction of sp³-hybridized carbons (Fsp3) is 0.320. The first kappa shape index (κ1) is 27.4. The Morgan fingerprint density at radius 1 is 1.17 bits per heavy atom. The number of hydrogen-bond donors (Lipinski definition) is 3. The van der Waals surface area contributed by atoms with Gasteiger partial charge in [0.2, 0.25) is 11.8 Å². The Kier molecular flexibility index (Phi) is 10.8. The average molecular weight is 479 g/mol. The summed E-state index contributed by atoms with van der Waals surface area (Å²) in [5.74, 6) is 1.73. The number of hydrogen-bond acceptors (Lipinski definition) is 6. The van der Waals surface area contributed by atoms with Crippen molar-refractivity contribution in [3.63, 3.8) is 0 Å². The molecule has 0 radical (unpaired) electrons. The topological polar surface area (TPSA) is 123 Å². The van der Waals surface area contributed by atoms with Crippen LogP contribution in [-0.2, 0) is 16.0 Å². The number of amides is 2. The third-order valence-corrected chi connectivity index (χ3v) is 4.98.